The maximum Gasteiger partial charge on any atom is 0.119 e. The van der Waals surface area contributed by atoms with Crippen molar-refractivity contribution in [3.63, 3.8) is 0 Å². The molecule has 0 fully saturated rings. The third-order valence-corrected chi connectivity index (χ3v) is 4.24. The second-order valence-corrected chi connectivity index (χ2v) is 8.15. The molecule has 0 rings (SSSR count). The summed E-state index contributed by atoms with van der Waals surface area (Å²) in [7, 11) is 5.91. The topological polar surface area (TPSA) is 60.4 Å². The van der Waals surface area contributed by atoms with Crippen molar-refractivity contribution in [1.82, 2.24) is 0 Å². The van der Waals surface area contributed by atoms with Crippen molar-refractivity contribution in [2.24, 2.45) is 0 Å². The Hall–Kier alpha value is -0.610. The van der Waals surface area contributed by atoms with E-state index in [1.54, 1.807) is 0 Å². The monoisotopic (exact) mass is 329 g/mol. The van der Waals surface area contributed by atoms with E-state index in [1.165, 1.54) is 51.4 Å². The summed E-state index contributed by atoms with van der Waals surface area (Å²) in [4.78, 5) is 10.9. The Balaban J connectivity index is 3.85. The molecule has 1 atom stereocenters. The molecule has 0 aromatic heterocycles. The fraction of sp³-hybridized carbons (Fsp3) is 0.947. The standard InChI is InChI=1S/C19H39NO3/c1-5-6-7-8-9-10-11-12-13-14-15-19(23,16-18(21)22)17-20(2,3)4/h23H,5-17H2,1-4H3. The highest BCUT2D eigenvalue weighted by atomic mass is 16.4. The lowest BCUT2D eigenvalue weighted by Gasteiger charge is -2.36. The van der Waals surface area contributed by atoms with Gasteiger partial charge in [-0.3, -0.25) is 0 Å². The van der Waals surface area contributed by atoms with Crippen molar-refractivity contribution in [3.05, 3.63) is 0 Å². The maximum absolute atomic E-state index is 10.9. The van der Waals surface area contributed by atoms with Gasteiger partial charge in [0, 0.05) is 12.4 Å². The Kier molecular flexibility index (Phi) is 11.5. The van der Waals surface area contributed by atoms with Gasteiger partial charge in [0.2, 0.25) is 0 Å². The van der Waals surface area contributed by atoms with Crippen LogP contribution in [-0.2, 0) is 4.79 Å². The Morgan fingerprint density at radius 3 is 1.74 bits per heavy atom. The summed E-state index contributed by atoms with van der Waals surface area (Å²) in [5, 5.41) is 21.5. The van der Waals surface area contributed by atoms with Crippen LogP contribution in [0.2, 0.25) is 0 Å². The first kappa shape index (κ1) is 22.4. The first-order valence-electron chi connectivity index (χ1n) is 9.41. The van der Waals surface area contributed by atoms with Gasteiger partial charge in [0.1, 0.15) is 12.1 Å². The molecule has 0 saturated heterocycles. The fourth-order valence-corrected chi connectivity index (χ4v) is 3.32. The SMILES string of the molecule is CCCCCCCCCCCCC(O)(CC(=O)[O-])C[N+](C)(C)C. The van der Waals surface area contributed by atoms with Gasteiger partial charge in [-0.1, -0.05) is 71.1 Å². The highest BCUT2D eigenvalue weighted by Gasteiger charge is 2.33. The molecule has 0 radical (unpaired) electrons. The van der Waals surface area contributed by atoms with E-state index in [2.05, 4.69) is 6.92 Å². The summed E-state index contributed by atoms with van der Waals surface area (Å²) >= 11 is 0. The summed E-state index contributed by atoms with van der Waals surface area (Å²) < 4.78 is 0.557. The summed E-state index contributed by atoms with van der Waals surface area (Å²) in [5.74, 6) is -1.16. The van der Waals surface area contributed by atoms with Crippen LogP contribution in [0, 0.1) is 0 Å². The molecule has 1 unspecified atom stereocenters. The zero-order chi connectivity index (χ0) is 17.8. The fourth-order valence-electron chi connectivity index (χ4n) is 3.32. The summed E-state index contributed by atoms with van der Waals surface area (Å²) in [6, 6.07) is 0. The van der Waals surface area contributed by atoms with E-state index >= 15 is 0 Å². The van der Waals surface area contributed by atoms with Gasteiger partial charge < -0.3 is 19.5 Å². The minimum absolute atomic E-state index is 0.264. The van der Waals surface area contributed by atoms with Crippen molar-refractivity contribution in [3.8, 4) is 0 Å². The number of carbonyl (C=O) groups excluding carboxylic acids is 1. The first-order chi connectivity index (χ1) is 10.7. The van der Waals surface area contributed by atoms with Gasteiger partial charge in [-0.15, -0.1) is 0 Å². The lowest BCUT2D eigenvalue weighted by molar-refractivity contribution is -0.877. The van der Waals surface area contributed by atoms with Crippen LogP contribution in [0.1, 0.15) is 84.0 Å². The Morgan fingerprint density at radius 2 is 1.35 bits per heavy atom. The van der Waals surface area contributed by atoms with Gasteiger partial charge in [0.05, 0.1) is 21.1 Å². The number of carboxylic acids is 1. The van der Waals surface area contributed by atoms with E-state index < -0.39 is 11.6 Å². The van der Waals surface area contributed by atoms with Gasteiger partial charge in [0.25, 0.3) is 0 Å². The number of aliphatic hydroxyl groups is 1. The third kappa shape index (κ3) is 14.7. The second-order valence-electron chi connectivity index (χ2n) is 8.15. The Bertz CT molecular complexity index is 312. The van der Waals surface area contributed by atoms with Crippen LogP contribution < -0.4 is 5.11 Å². The van der Waals surface area contributed by atoms with Gasteiger partial charge in [-0.2, -0.15) is 0 Å². The molecule has 4 heteroatoms. The zero-order valence-electron chi connectivity index (χ0n) is 15.9. The molecular formula is C19H39NO3. The summed E-state index contributed by atoms with van der Waals surface area (Å²) in [6.45, 7) is 2.68. The number of likely N-dealkylation sites (N-methyl/N-ethyl adjacent to an activating group) is 1. The van der Waals surface area contributed by atoms with E-state index in [0.29, 0.717) is 17.4 Å². The van der Waals surface area contributed by atoms with Crippen LogP contribution in [0.5, 0.6) is 0 Å². The zero-order valence-corrected chi connectivity index (χ0v) is 15.9. The van der Waals surface area contributed by atoms with Crippen LogP contribution in [0.15, 0.2) is 0 Å². The molecule has 1 N–H and O–H groups in total. The Labute approximate surface area is 143 Å². The van der Waals surface area contributed by atoms with E-state index in [1.807, 2.05) is 21.1 Å². The number of aliphatic carboxylic acids is 1. The maximum atomic E-state index is 10.9. The van der Waals surface area contributed by atoms with Crippen LogP contribution in [0.3, 0.4) is 0 Å². The molecule has 0 aliphatic rings. The number of hydrogen-bond donors (Lipinski definition) is 1. The van der Waals surface area contributed by atoms with Crippen LogP contribution in [0.25, 0.3) is 0 Å². The lowest BCUT2D eigenvalue weighted by Crippen LogP contribution is -2.51. The number of carboxylic acid groups (broad SMARTS) is 1. The largest absolute Gasteiger partial charge is 0.550 e. The van der Waals surface area contributed by atoms with Crippen molar-refractivity contribution < 1.29 is 19.5 Å². The second kappa shape index (κ2) is 11.9. The Morgan fingerprint density at radius 1 is 0.913 bits per heavy atom. The summed E-state index contributed by atoms with van der Waals surface area (Å²) in [6.07, 6.45) is 12.7. The molecule has 23 heavy (non-hydrogen) atoms. The number of quaternary nitrogens is 1. The molecule has 0 aliphatic carbocycles. The van der Waals surface area contributed by atoms with Gasteiger partial charge in [-0.25, -0.2) is 0 Å². The van der Waals surface area contributed by atoms with Gasteiger partial charge in [-0.05, 0) is 6.42 Å². The molecule has 0 saturated carbocycles. The van der Waals surface area contributed by atoms with Crippen molar-refractivity contribution in [2.75, 3.05) is 27.7 Å². The normalized spacial score (nSPS) is 14.7. The molecule has 0 heterocycles. The number of carbonyl (C=O) groups is 1. The molecular weight excluding hydrogens is 290 g/mol. The van der Waals surface area contributed by atoms with E-state index in [9.17, 15) is 15.0 Å². The van der Waals surface area contributed by atoms with Gasteiger partial charge in [0.15, 0.2) is 0 Å². The highest BCUT2D eigenvalue weighted by molar-refractivity contribution is 5.65. The molecule has 0 aromatic carbocycles. The molecule has 0 spiro atoms. The lowest BCUT2D eigenvalue weighted by atomic mass is 9.91. The minimum atomic E-state index is -1.16. The number of hydrogen-bond acceptors (Lipinski definition) is 3. The minimum Gasteiger partial charge on any atom is -0.550 e. The first-order valence-corrected chi connectivity index (χ1v) is 9.41. The van der Waals surface area contributed by atoms with E-state index in [0.717, 1.165) is 12.8 Å². The third-order valence-electron chi connectivity index (χ3n) is 4.24. The van der Waals surface area contributed by atoms with Crippen molar-refractivity contribution in [2.45, 2.75) is 89.6 Å². The number of nitrogens with zero attached hydrogens (tertiary/aromatic N) is 1. The smallest absolute Gasteiger partial charge is 0.119 e. The molecule has 0 bridgehead atoms. The predicted octanol–water partition coefficient (Wildman–Crippen LogP) is 2.87. The highest BCUT2D eigenvalue weighted by Crippen LogP contribution is 2.22. The molecule has 138 valence electrons. The average Bonchev–Trinajstić information content (AvgIpc) is 2.37. The van der Waals surface area contributed by atoms with E-state index in [4.69, 9.17) is 0 Å². The number of rotatable bonds is 15. The average molecular weight is 330 g/mol. The van der Waals surface area contributed by atoms with Crippen molar-refractivity contribution in [1.29, 1.82) is 0 Å². The van der Waals surface area contributed by atoms with Crippen LogP contribution in [0.4, 0.5) is 0 Å². The molecule has 4 nitrogen and oxygen atoms in total. The van der Waals surface area contributed by atoms with Crippen molar-refractivity contribution >= 4 is 5.97 Å². The number of unbranched alkanes of at least 4 members (excludes halogenated alkanes) is 9. The predicted molar refractivity (Wildman–Crippen MR) is 93.9 cm³/mol. The van der Waals surface area contributed by atoms with Gasteiger partial charge >= 0.3 is 0 Å². The van der Waals surface area contributed by atoms with Crippen LogP contribution in [-0.4, -0.2) is 48.8 Å². The molecule has 0 aliphatic heterocycles. The molecule has 0 amide bonds. The van der Waals surface area contributed by atoms with Crippen LogP contribution >= 0.6 is 0 Å². The van der Waals surface area contributed by atoms with E-state index in [-0.39, 0.29) is 6.42 Å². The molecule has 0 aromatic rings. The summed E-state index contributed by atoms with van der Waals surface area (Å²) in [5.41, 5.74) is -1.14. The quantitative estimate of drug-likeness (QED) is 0.371.